The SMILES string of the molecule is Cc1ccc(CSCC(=O)Nc2ccc3c(c2)NC(=O)CS3)cc1. The van der Waals surface area contributed by atoms with Crippen LogP contribution in [-0.2, 0) is 15.3 Å². The Morgan fingerprint density at radius 3 is 2.83 bits per heavy atom. The van der Waals surface area contributed by atoms with E-state index in [2.05, 4.69) is 41.8 Å². The lowest BCUT2D eigenvalue weighted by Gasteiger charge is -2.17. The van der Waals surface area contributed by atoms with Crippen molar-refractivity contribution in [2.45, 2.75) is 17.6 Å². The van der Waals surface area contributed by atoms with Gasteiger partial charge in [-0.2, -0.15) is 0 Å². The van der Waals surface area contributed by atoms with E-state index in [4.69, 9.17) is 0 Å². The molecule has 0 unspecified atom stereocenters. The van der Waals surface area contributed by atoms with Crippen LogP contribution >= 0.6 is 23.5 Å². The van der Waals surface area contributed by atoms with Crippen molar-refractivity contribution in [3.8, 4) is 0 Å². The molecule has 0 fully saturated rings. The number of carbonyl (C=O) groups is 2. The highest BCUT2D eigenvalue weighted by Gasteiger charge is 2.15. The first-order valence-electron chi connectivity index (χ1n) is 7.60. The van der Waals surface area contributed by atoms with Crippen molar-refractivity contribution in [3.05, 3.63) is 53.6 Å². The van der Waals surface area contributed by atoms with Gasteiger partial charge in [-0.3, -0.25) is 9.59 Å². The van der Waals surface area contributed by atoms with E-state index in [1.807, 2.05) is 18.2 Å². The molecule has 0 aliphatic carbocycles. The summed E-state index contributed by atoms with van der Waals surface area (Å²) >= 11 is 3.09. The molecule has 1 aliphatic heterocycles. The number of nitrogens with one attached hydrogen (secondary N) is 2. The van der Waals surface area contributed by atoms with E-state index in [1.165, 1.54) is 22.9 Å². The molecule has 0 radical (unpaired) electrons. The van der Waals surface area contributed by atoms with Gasteiger partial charge in [0.2, 0.25) is 11.8 Å². The summed E-state index contributed by atoms with van der Waals surface area (Å²) in [5.74, 6) is 1.59. The number of amides is 2. The van der Waals surface area contributed by atoms with Crippen LogP contribution in [0.15, 0.2) is 47.4 Å². The zero-order valence-corrected chi connectivity index (χ0v) is 14.9. The van der Waals surface area contributed by atoms with Crippen molar-refractivity contribution in [1.82, 2.24) is 0 Å². The molecule has 2 amide bonds. The summed E-state index contributed by atoms with van der Waals surface area (Å²) in [4.78, 5) is 24.5. The molecule has 3 rings (SSSR count). The molecule has 2 N–H and O–H groups in total. The zero-order chi connectivity index (χ0) is 16.9. The molecule has 124 valence electrons. The number of carbonyl (C=O) groups excluding carboxylic acids is 2. The van der Waals surface area contributed by atoms with Crippen LogP contribution in [0.1, 0.15) is 11.1 Å². The molecule has 0 aromatic heterocycles. The van der Waals surface area contributed by atoms with E-state index >= 15 is 0 Å². The van der Waals surface area contributed by atoms with Crippen molar-refractivity contribution >= 4 is 46.7 Å². The minimum absolute atomic E-state index is 0.00960. The fourth-order valence-corrected chi connectivity index (χ4v) is 3.88. The van der Waals surface area contributed by atoms with Gasteiger partial charge in [-0.25, -0.2) is 0 Å². The summed E-state index contributed by atoms with van der Waals surface area (Å²) < 4.78 is 0. The van der Waals surface area contributed by atoms with E-state index in [0.29, 0.717) is 17.2 Å². The average Bonchev–Trinajstić information content (AvgIpc) is 2.56. The molecule has 2 aromatic carbocycles. The fourth-order valence-electron chi connectivity index (χ4n) is 2.30. The predicted molar refractivity (Wildman–Crippen MR) is 102 cm³/mol. The van der Waals surface area contributed by atoms with Crippen molar-refractivity contribution < 1.29 is 9.59 Å². The summed E-state index contributed by atoms with van der Waals surface area (Å²) in [7, 11) is 0. The third-order valence-electron chi connectivity index (χ3n) is 3.52. The molecule has 0 atom stereocenters. The number of aryl methyl sites for hydroxylation is 1. The van der Waals surface area contributed by atoms with Crippen LogP contribution in [0.25, 0.3) is 0 Å². The highest BCUT2D eigenvalue weighted by atomic mass is 32.2. The first-order valence-corrected chi connectivity index (χ1v) is 9.74. The van der Waals surface area contributed by atoms with Gasteiger partial charge in [0.15, 0.2) is 0 Å². The van der Waals surface area contributed by atoms with E-state index in [1.54, 1.807) is 11.8 Å². The second-order valence-corrected chi connectivity index (χ2v) is 7.58. The van der Waals surface area contributed by atoms with Crippen LogP contribution in [-0.4, -0.2) is 23.3 Å². The average molecular weight is 358 g/mol. The van der Waals surface area contributed by atoms with Gasteiger partial charge in [0, 0.05) is 16.3 Å². The Balaban J connectivity index is 1.50. The molecule has 0 spiro atoms. The molecule has 0 bridgehead atoms. The highest BCUT2D eigenvalue weighted by Crippen LogP contribution is 2.33. The summed E-state index contributed by atoms with van der Waals surface area (Å²) in [6.45, 7) is 2.06. The largest absolute Gasteiger partial charge is 0.325 e. The smallest absolute Gasteiger partial charge is 0.234 e. The lowest BCUT2D eigenvalue weighted by molar-refractivity contribution is -0.114. The van der Waals surface area contributed by atoms with Gasteiger partial charge in [0.25, 0.3) is 0 Å². The Labute approximate surface area is 149 Å². The van der Waals surface area contributed by atoms with E-state index in [0.717, 1.165) is 16.3 Å². The van der Waals surface area contributed by atoms with Crippen LogP contribution in [0, 0.1) is 6.92 Å². The summed E-state index contributed by atoms with van der Waals surface area (Å²) in [5.41, 5.74) is 3.92. The van der Waals surface area contributed by atoms with Gasteiger partial charge in [-0.15, -0.1) is 23.5 Å². The first kappa shape index (κ1) is 16.9. The van der Waals surface area contributed by atoms with E-state index in [9.17, 15) is 9.59 Å². The van der Waals surface area contributed by atoms with E-state index in [-0.39, 0.29) is 11.8 Å². The Morgan fingerprint density at radius 1 is 1.25 bits per heavy atom. The van der Waals surface area contributed by atoms with Crippen molar-refractivity contribution in [2.24, 2.45) is 0 Å². The van der Waals surface area contributed by atoms with Crippen LogP contribution in [0.3, 0.4) is 0 Å². The lowest BCUT2D eigenvalue weighted by Crippen LogP contribution is -2.19. The fraction of sp³-hybridized carbons (Fsp3) is 0.222. The Morgan fingerprint density at radius 2 is 2.04 bits per heavy atom. The zero-order valence-electron chi connectivity index (χ0n) is 13.3. The molecular weight excluding hydrogens is 340 g/mol. The Hall–Kier alpha value is -1.92. The molecule has 24 heavy (non-hydrogen) atoms. The molecular formula is C18H18N2O2S2. The number of hydrogen-bond donors (Lipinski definition) is 2. The van der Waals surface area contributed by atoms with E-state index < -0.39 is 0 Å². The third kappa shape index (κ3) is 4.55. The van der Waals surface area contributed by atoms with Gasteiger partial charge in [-0.05, 0) is 30.7 Å². The molecule has 0 saturated carbocycles. The maximum absolute atomic E-state index is 12.1. The van der Waals surface area contributed by atoms with Crippen molar-refractivity contribution in [3.63, 3.8) is 0 Å². The van der Waals surface area contributed by atoms with Gasteiger partial charge in [-0.1, -0.05) is 29.8 Å². The number of anilines is 2. The molecule has 4 nitrogen and oxygen atoms in total. The van der Waals surface area contributed by atoms with Crippen LogP contribution in [0.5, 0.6) is 0 Å². The first-order chi connectivity index (χ1) is 11.6. The summed E-state index contributed by atoms with van der Waals surface area (Å²) in [6, 6.07) is 13.9. The minimum Gasteiger partial charge on any atom is -0.325 e. The standard InChI is InChI=1S/C18H18N2O2S2/c1-12-2-4-13(5-3-12)9-23-10-17(21)19-14-6-7-16-15(8-14)20-18(22)11-24-16/h2-8H,9-11H2,1H3,(H,19,21)(H,20,22). The second kappa shape index (κ2) is 7.77. The summed E-state index contributed by atoms with van der Waals surface area (Å²) in [6.07, 6.45) is 0. The highest BCUT2D eigenvalue weighted by molar-refractivity contribution is 8.00. The van der Waals surface area contributed by atoms with Crippen molar-refractivity contribution in [1.29, 1.82) is 0 Å². The lowest BCUT2D eigenvalue weighted by atomic mass is 10.2. The predicted octanol–water partition coefficient (Wildman–Crippen LogP) is 3.91. The summed E-state index contributed by atoms with van der Waals surface area (Å²) in [5, 5.41) is 5.71. The molecule has 1 heterocycles. The topological polar surface area (TPSA) is 58.2 Å². The van der Waals surface area contributed by atoms with Crippen molar-refractivity contribution in [2.75, 3.05) is 22.1 Å². The number of thioether (sulfide) groups is 2. The molecule has 6 heteroatoms. The van der Waals surface area contributed by atoms with Gasteiger partial charge >= 0.3 is 0 Å². The van der Waals surface area contributed by atoms with Gasteiger partial charge < -0.3 is 10.6 Å². The van der Waals surface area contributed by atoms with Crippen LogP contribution in [0.4, 0.5) is 11.4 Å². The van der Waals surface area contributed by atoms with Gasteiger partial charge in [0.05, 0.1) is 17.2 Å². The maximum Gasteiger partial charge on any atom is 0.234 e. The molecule has 0 saturated heterocycles. The number of rotatable bonds is 5. The maximum atomic E-state index is 12.1. The normalized spacial score (nSPS) is 13.1. The number of fused-ring (bicyclic) bond motifs is 1. The minimum atomic E-state index is -0.0400. The number of benzene rings is 2. The molecule has 1 aliphatic rings. The second-order valence-electron chi connectivity index (χ2n) is 5.57. The Kier molecular flexibility index (Phi) is 5.48. The number of hydrogen-bond acceptors (Lipinski definition) is 4. The Bertz CT molecular complexity index is 760. The van der Waals surface area contributed by atoms with Gasteiger partial charge in [0.1, 0.15) is 0 Å². The third-order valence-corrected chi connectivity index (χ3v) is 5.60. The van der Waals surface area contributed by atoms with Crippen LogP contribution < -0.4 is 10.6 Å². The molecule has 2 aromatic rings. The van der Waals surface area contributed by atoms with Crippen LogP contribution in [0.2, 0.25) is 0 Å². The quantitative estimate of drug-likeness (QED) is 0.851. The monoisotopic (exact) mass is 358 g/mol.